The van der Waals surface area contributed by atoms with E-state index in [-0.39, 0.29) is 5.54 Å². The van der Waals surface area contributed by atoms with Crippen molar-refractivity contribution in [2.24, 2.45) is 7.05 Å². The molecule has 7 heteroatoms. The molecule has 0 amide bonds. The SMILES string of the molecule is Cn1cc([C@@H](O)C[C@H]2CCCN2Cc2cn(C(C)(C)C)nn2)cn1. The quantitative estimate of drug-likeness (QED) is 0.905. The number of rotatable bonds is 5. The van der Waals surface area contributed by atoms with Crippen molar-refractivity contribution in [2.75, 3.05) is 6.54 Å². The summed E-state index contributed by atoms with van der Waals surface area (Å²) in [7, 11) is 1.87. The molecule has 3 heterocycles. The molecule has 0 aromatic carbocycles. The maximum absolute atomic E-state index is 10.5. The second-order valence-corrected chi connectivity index (χ2v) is 7.79. The van der Waals surface area contributed by atoms with Gasteiger partial charge in [0.05, 0.1) is 29.7 Å². The van der Waals surface area contributed by atoms with Crippen LogP contribution in [0.3, 0.4) is 0 Å². The van der Waals surface area contributed by atoms with Gasteiger partial charge in [-0.25, -0.2) is 4.68 Å². The Morgan fingerprint density at radius 3 is 2.75 bits per heavy atom. The molecule has 7 nitrogen and oxygen atoms in total. The van der Waals surface area contributed by atoms with Gasteiger partial charge in [-0.3, -0.25) is 9.58 Å². The summed E-state index contributed by atoms with van der Waals surface area (Å²) in [5.41, 5.74) is 1.84. The number of hydrogen-bond donors (Lipinski definition) is 1. The molecular formula is C17H28N6O. The zero-order valence-corrected chi connectivity index (χ0v) is 15.1. The summed E-state index contributed by atoms with van der Waals surface area (Å²) >= 11 is 0. The average molecular weight is 332 g/mol. The Bertz CT molecular complexity index is 671. The number of likely N-dealkylation sites (tertiary alicyclic amines) is 1. The fourth-order valence-corrected chi connectivity index (χ4v) is 3.28. The van der Waals surface area contributed by atoms with Gasteiger partial charge in [-0.05, 0) is 46.6 Å². The molecule has 0 unspecified atom stereocenters. The summed E-state index contributed by atoms with van der Waals surface area (Å²) in [4.78, 5) is 2.41. The molecule has 0 spiro atoms. The Kier molecular flexibility index (Phi) is 4.73. The standard InChI is InChI=1S/C17H28N6O/c1-17(2,3)23-12-14(19-20-23)11-22-7-5-6-15(22)8-16(24)13-9-18-21(4)10-13/h9-10,12,15-16,24H,5-8,11H2,1-4H3/t15-,16+/m1/s1. The Labute approximate surface area is 143 Å². The van der Waals surface area contributed by atoms with Crippen LogP contribution in [-0.2, 0) is 19.1 Å². The molecule has 1 fully saturated rings. The smallest absolute Gasteiger partial charge is 0.0967 e. The number of aryl methyl sites for hydroxylation is 1. The zero-order valence-electron chi connectivity index (χ0n) is 15.1. The summed E-state index contributed by atoms with van der Waals surface area (Å²) in [6, 6.07) is 0.375. The van der Waals surface area contributed by atoms with Crippen molar-refractivity contribution in [3.05, 3.63) is 29.8 Å². The van der Waals surface area contributed by atoms with Crippen molar-refractivity contribution < 1.29 is 5.11 Å². The summed E-state index contributed by atoms with van der Waals surface area (Å²) < 4.78 is 3.65. The maximum Gasteiger partial charge on any atom is 0.0967 e. The van der Waals surface area contributed by atoms with Gasteiger partial charge in [-0.15, -0.1) is 5.10 Å². The lowest BCUT2D eigenvalue weighted by Gasteiger charge is -2.25. The molecule has 1 N–H and O–H groups in total. The van der Waals surface area contributed by atoms with Crippen LogP contribution in [0.2, 0.25) is 0 Å². The van der Waals surface area contributed by atoms with Crippen LogP contribution in [0.4, 0.5) is 0 Å². The first-order valence-corrected chi connectivity index (χ1v) is 8.65. The summed E-state index contributed by atoms with van der Waals surface area (Å²) in [6.45, 7) is 8.20. The van der Waals surface area contributed by atoms with E-state index in [1.165, 1.54) is 0 Å². The lowest BCUT2D eigenvalue weighted by molar-refractivity contribution is 0.117. The van der Waals surface area contributed by atoms with E-state index in [1.54, 1.807) is 10.9 Å². The van der Waals surface area contributed by atoms with Crippen molar-refractivity contribution in [2.45, 2.75) is 64.3 Å². The molecule has 1 saturated heterocycles. The highest BCUT2D eigenvalue weighted by atomic mass is 16.3. The van der Waals surface area contributed by atoms with Crippen LogP contribution in [0.1, 0.15) is 57.4 Å². The highest BCUT2D eigenvalue weighted by Crippen LogP contribution is 2.28. The van der Waals surface area contributed by atoms with Crippen molar-refractivity contribution in [3.8, 4) is 0 Å². The minimum Gasteiger partial charge on any atom is -0.388 e. The van der Waals surface area contributed by atoms with E-state index in [9.17, 15) is 5.11 Å². The number of aliphatic hydroxyl groups is 1. The number of nitrogens with zero attached hydrogens (tertiary/aromatic N) is 6. The first-order chi connectivity index (χ1) is 11.3. The number of aromatic nitrogens is 5. The second kappa shape index (κ2) is 6.64. The van der Waals surface area contributed by atoms with Gasteiger partial charge in [-0.1, -0.05) is 5.21 Å². The van der Waals surface area contributed by atoms with E-state index in [4.69, 9.17) is 0 Å². The van der Waals surface area contributed by atoms with Crippen LogP contribution in [0.5, 0.6) is 0 Å². The Morgan fingerprint density at radius 1 is 1.33 bits per heavy atom. The Morgan fingerprint density at radius 2 is 2.12 bits per heavy atom. The summed E-state index contributed by atoms with van der Waals surface area (Å²) in [6.07, 6.45) is 8.22. The topological polar surface area (TPSA) is 72.0 Å². The van der Waals surface area contributed by atoms with Gasteiger partial charge in [0.2, 0.25) is 0 Å². The van der Waals surface area contributed by atoms with Crippen LogP contribution in [0.25, 0.3) is 0 Å². The van der Waals surface area contributed by atoms with Gasteiger partial charge < -0.3 is 5.11 Å². The van der Waals surface area contributed by atoms with E-state index in [0.29, 0.717) is 6.04 Å². The first kappa shape index (κ1) is 17.1. The third-order valence-electron chi connectivity index (χ3n) is 4.70. The normalized spacial score (nSPS) is 20.6. The summed E-state index contributed by atoms with van der Waals surface area (Å²) in [5, 5.41) is 23.2. The van der Waals surface area contributed by atoms with E-state index < -0.39 is 6.10 Å². The second-order valence-electron chi connectivity index (χ2n) is 7.79. The minimum absolute atomic E-state index is 0.0494. The third kappa shape index (κ3) is 3.84. The molecule has 0 radical (unpaired) electrons. The molecule has 0 bridgehead atoms. The van der Waals surface area contributed by atoms with E-state index in [2.05, 4.69) is 41.1 Å². The van der Waals surface area contributed by atoms with Crippen molar-refractivity contribution in [1.82, 2.24) is 29.7 Å². The summed E-state index contributed by atoms with van der Waals surface area (Å²) in [5.74, 6) is 0. The molecule has 1 aliphatic rings. The van der Waals surface area contributed by atoms with Crippen molar-refractivity contribution in [3.63, 3.8) is 0 Å². The molecule has 0 saturated carbocycles. The van der Waals surface area contributed by atoms with Crippen LogP contribution in [-0.4, -0.2) is 47.4 Å². The van der Waals surface area contributed by atoms with Gasteiger partial charge in [0.25, 0.3) is 0 Å². The van der Waals surface area contributed by atoms with E-state index in [1.807, 2.05) is 24.1 Å². The molecule has 2 aromatic rings. The van der Waals surface area contributed by atoms with Crippen molar-refractivity contribution in [1.29, 1.82) is 0 Å². The van der Waals surface area contributed by atoms with Crippen LogP contribution in [0.15, 0.2) is 18.6 Å². The monoisotopic (exact) mass is 332 g/mol. The fraction of sp³-hybridized carbons (Fsp3) is 0.706. The van der Waals surface area contributed by atoms with Gasteiger partial charge in [0, 0.05) is 31.4 Å². The van der Waals surface area contributed by atoms with Gasteiger partial charge >= 0.3 is 0 Å². The maximum atomic E-state index is 10.5. The van der Waals surface area contributed by atoms with Gasteiger partial charge in [-0.2, -0.15) is 5.10 Å². The van der Waals surface area contributed by atoms with E-state index >= 15 is 0 Å². The van der Waals surface area contributed by atoms with Gasteiger partial charge in [0.15, 0.2) is 0 Å². The highest BCUT2D eigenvalue weighted by molar-refractivity contribution is 5.08. The molecule has 3 rings (SSSR count). The molecule has 2 aromatic heterocycles. The minimum atomic E-state index is -0.463. The highest BCUT2D eigenvalue weighted by Gasteiger charge is 2.28. The molecular weight excluding hydrogens is 304 g/mol. The molecule has 132 valence electrons. The number of aliphatic hydroxyl groups excluding tert-OH is 1. The van der Waals surface area contributed by atoms with Crippen molar-refractivity contribution >= 4 is 0 Å². The van der Waals surface area contributed by atoms with Crippen LogP contribution >= 0.6 is 0 Å². The fourth-order valence-electron chi connectivity index (χ4n) is 3.28. The van der Waals surface area contributed by atoms with Crippen LogP contribution < -0.4 is 0 Å². The lowest BCUT2D eigenvalue weighted by Crippen LogP contribution is -2.30. The number of hydrogen-bond acceptors (Lipinski definition) is 5. The van der Waals surface area contributed by atoms with Gasteiger partial charge in [0.1, 0.15) is 0 Å². The van der Waals surface area contributed by atoms with E-state index in [0.717, 1.165) is 43.6 Å². The Hall–Kier alpha value is -1.73. The lowest BCUT2D eigenvalue weighted by atomic mass is 10.0. The molecule has 2 atom stereocenters. The first-order valence-electron chi connectivity index (χ1n) is 8.65. The third-order valence-corrected chi connectivity index (χ3v) is 4.70. The predicted octanol–water partition coefficient (Wildman–Crippen LogP) is 1.85. The predicted molar refractivity (Wildman–Crippen MR) is 91.2 cm³/mol. The van der Waals surface area contributed by atoms with Crippen LogP contribution in [0, 0.1) is 0 Å². The molecule has 24 heavy (non-hydrogen) atoms. The zero-order chi connectivity index (χ0) is 17.3. The average Bonchev–Trinajstić information content (AvgIpc) is 3.21. The molecule has 1 aliphatic heterocycles. The molecule has 0 aliphatic carbocycles. The Balaban J connectivity index is 1.62. The largest absolute Gasteiger partial charge is 0.388 e.